The zero-order chi connectivity index (χ0) is 21.9. The number of aliphatic hydroxyl groups is 3. The van der Waals surface area contributed by atoms with E-state index < -0.39 is 18.3 Å². The monoisotopic (exact) mass is 437 g/mol. The molecule has 0 aliphatic heterocycles. The van der Waals surface area contributed by atoms with E-state index in [-0.39, 0.29) is 24.3 Å². The fraction of sp³-hybridized carbons (Fsp3) is 0.522. The minimum Gasteiger partial charge on any atom is -0.491 e. The Hall–Kier alpha value is -1.86. The number of ether oxygens (including phenoxy) is 1. The average molecular weight is 438 g/mol. The fourth-order valence-electron chi connectivity index (χ4n) is 3.63. The van der Waals surface area contributed by atoms with E-state index in [1.165, 1.54) is 0 Å². The first-order valence-electron chi connectivity index (χ1n) is 10.4. The highest BCUT2D eigenvalue weighted by Gasteiger charge is 2.39. The third-order valence-corrected chi connectivity index (χ3v) is 5.55. The van der Waals surface area contributed by atoms with Crippen LogP contribution in [0.1, 0.15) is 32.1 Å². The summed E-state index contributed by atoms with van der Waals surface area (Å²) in [5, 5.41) is 33.9. The predicted octanol–water partition coefficient (Wildman–Crippen LogP) is 2.86. The number of nitrogens with one attached hydrogen (secondary N) is 1. The van der Waals surface area contributed by atoms with Gasteiger partial charge >= 0.3 is 0 Å². The maximum atomic E-state index is 11.2. The first-order chi connectivity index (χ1) is 14.4. The van der Waals surface area contributed by atoms with E-state index in [4.69, 9.17) is 16.3 Å². The van der Waals surface area contributed by atoms with Crippen molar-refractivity contribution < 1.29 is 24.9 Å². The van der Waals surface area contributed by atoms with E-state index in [9.17, 15) is 20.1 Å². The first-order valence-corrected chi connectivity index (χ1v) is 10.7. The third kappa shape index (κ3) is 8.11. The summed E-state index contributed by atoms with van der Waals surface area (Å²) < 4.78 is 5.53. The number of allylic oxidation sites excluding steroid dienone is 2. The molecule has 1 aliphatic rings. The van der Waals surface area contributed by atoms with Crippen LogP contribution in [-0.2, 0) is 4.79 Å². The van der Waals surface area contributed by atoms with Crippen LogP contribution in [0.15, 0.2) is 48.6 Å². The van der Waals surface area contributed by atoms with E-state index in [0.717, 1.165) is 12.8 Å². The molecule has 6 nitrogen and oxygen atoms in total. The van der Waals surface area contributed by atoms with Crippen LogP contribution < -0.4 is 10.1 Å². The van der Waals surface area contributed by atoms with Gasteiger partial charge in [0.2, 0.25) is 5.91 Å². The van der Waals surface area contributed by atoms with Gasteiger partial charge in [-0.25, -0.2) is 0 Å². The van der Waals surface area contributed by atoms with Crippen molar-refractivity contribution in [1.29, 1.82) is 0 Å². The molecule has 4 N–H and O–H groups in total. The van der Waals surface area contributed by atoms with Crippen molar-refractivity contribution in [2.24, 2.45) is 11.8 Å². The summed E-state index contributed by atoms with van der Waals surface area (Å²) in [5.41, 5.74) is 0. The summed E-state index contributed by atoms with van der Waals surface area (Å²) >= 11 is 5.91. The van der Waals surface area contributed by atoms with Crippen molar-refractivity contribution in [1.82, 2.24) is 5.32 Å². The number of rotatable bonds is 11. The van der Waals surface area contributed by atoms with Crippen molar-refractivity contribution in [3.8, 4) is 5.75 Å². The molecule has 7 heteroatoms. The minimum absolute atomic E-state index is 0.0286. The summed E-state index contributed by atoms with van der Waals surface area (Å²) in [5.74, 6) is 0.246. The van der Waals surface area contributed by atoms with Gasteiger partial charge in [0, 0.05) is 30.8 Å². The number of amides is 1. The second-order valence-electron chi connectivity index (χ2n) is 7.60. The molecule has 2 rings (SSSR count). The summed E-state index contributed by atoms with van der Waals surface area (Å²) in [6.07, 6.45) is 8.31. The molecule has 1 aliphatic carbocycles. The highest BCUT2D eigenvalue weighted by atomic mass is 35.5. The Balaban J connectivity index is 1.81. The molecule has 30 heavy (non-hydrogen) atoms. The van der Waals surface area contributed by atoms with Gasteiger partial charge in [0.05, 0.1) is 12.2 Å². The van der Waals surface area contributed by atoms with Gasteiger partial charge in [-0.2, -0.15) is 0 Å². The van der Waals surface area contributed by atoms with Crippen molar-refractivity contribution in [2.75, 3.05) is 13.7 Å². The van der Waals surface area contributed by atoms with Crippen LogP contribution in [0.2, 0.25) is 5.02 Å². The van der Waals surface area contributed by atoms with Gasteiger partial charge in [-0.05, 0) is 43.4 Å². The molecule has 1 aromatic rings. The highest BCUT2D eigenvalue weighted by molar-refractivity contribution is 6.30. The molecule has 166 valence electrons. The van der Waals surface area contributed by atoms with Crippen LogP contribution in [0.5, 0.6) is 5.75 Å². The van der Waals surface area contributed by atoms with Crippen molar-refractivity contribution in [2.45, 2.75) is 50.4 Å². The number of unbranched alkanes of at least 4 members (excludes halogenated alkanes) is 1. The summed E-state index contributed by atoms with van der Waals surface area (Å²) in [4.78, 5) is 11.2. The van der Waals surface area contributed by atoms with Crippen LogP contribution in [0.4, 0.5) is 0 Å². The molecular formula is C23H32ClNO5. The van der Waals surface area contributed by atoms with Crippen molar-refractivity contribution in [3.05, 3.63) is 53.6 Å². The van der Waals surface area contributed by atoms with Crippen LogP contribution in [0.3, 0.4) is 0 Å². The quantitative estimate of drug-likeness (QED) is 0.315. The number of halogens is 1. The molecule has 1 saturated carbocycles. The Kier molecular flexibility index (Phi) is 10.4. The predicted molar refractivity (Wildman–Crippen MR) is 117 cm³/mol. The van der Waals surface area contributed by atoms with E-state index in [2.05, 4.69) is 5.32 Å². The second-order valence-corrected chi connectivity index (χ2v) is 8.04. The van der Waals surface area contributed by atoms with Gasteiger partial charge < -0.3 is 25.4 Å². The van der Waals surface area contributed by atoms with E-state index in [1.54, 1.807) is 43.5 Å². The average Bonchev–Trinajstić information content (AvgIpc) is 2.99. The molecular weight excluding hydrogens is 406 g/mol. The Morgan fingerprint density at radius 1 is 1.33 bits per heavy atom. The lowest BCUT2D eigenvalue weighted by Gasteiger charge is -2.19. The van der Waals surface area contributed by atoms with Crippen LogP contribution in [-0.4, -0.2) is 53.2 Å². The minimum atomic E-state index is -0.838. The topological polar surface area (TPSA) is 99.0 Å². The number of hydrogen-bond donors (Lipinski definition) is 4. The van der Waals surface area contributed by atoms with Gasteiger partial charge in [0.1, 0.15) is 18.5 Å². The SMILES string of the molecule is CNC(=O)CCC/C=C\C[C@@H]1[C@@H](/C=C/[C@@H](O)COc2cccc(Cl)c2)[C@H](O)C[C@@H]1O. The number of hydrogen-bond acceptors (Lipinski definition) is 5. The van der Waals surface area contributed by atoms with E-state index >= 15 is 0 Å². The molecule has 0 unspecified atom stereocenters. The number of benzene rings is 1. The molecule has 0 spiro atoms. The zero-order valence-corrected chi connectivity index (χ0v) is 18.0. The molecule has 5 atom stereocenters. The van der Waals surface area contributed by atoms with Gasteiger partial charge in [-0.15, -0.1) is 0 Å². The summed E-state index contributed by atoms with van der Waals surface area (Å²) in [6.45, 7) is 0.0676. The smallest absolute Gasteiger partial charge is 0.219 e. The lowest BCUT2D eigenvalue weighted by atomic mass is 9.89. The molecule has 0 saturated heterocycles. The Bertz CT molecular complexity index is 723. The Morgan fingerprint density at radius 2 is 2.13 bits per heavy atom. The molecule has 1 fully saturated rings. The van der Waals surface area contributed by atoms with E-state index in [1.807, 2.05) is 12.2 Å². The zero-order valence-electron chi connectivity index (χ0n) is 17.3. The molecule has 0 heterocycles. The van der Waals surface area contributed by atoms with Crippen molar-refractivity contribution in [3.63, 3.8) is 0 Å². The van der Waals surface area contributed by atoms with Gasteiger partial charge in [-0.1, -0.05) is 42.0 Å². The maximum Gasteiger partial charge on any atom is 0.219 e. The van der Waals surface area contributed by atoms with E-state index in [0.29, 0.717) is 30.0 Å². The van der Waals surface area contributed by atoms with Crippen LogP contribution in [0.25, 0.3) is 0 Å². The first kappa shape index (κ1) is 24.4. The van der Waals surface area contributed by atoms with Crippen LogP contribution >= 0.6 is 11.6 Å². The van der Waals surface area contributed by atoms with Gasteiger partial charge in [0.15, 0.2) is 0 Å². The normalized spacial score (nSPS) is 25.1. The molecule has 0 bridgehead atoms. The summed E-state index contributed by atoms with van der Waals surface area (Å²) in [7, 11) is 1.62. The van der Waals surface area contributed by atoms with Crippen molar-refractivity contribution >= 4 is 17.5 Å². The highest BCUT2D eigenvalue weighted by Crippen LogP contribution is 2.36. The van der Waals surface area contributed by atoms with Gasteiger partial charge in [-0.3, -0.25) is 4.79 Å². The molecule has 0 aromatic heterocycles. The largest absolute Gasteiger partial charge is 0.491 e. The fourth-order valence-corrected chi connectivity index (χ4v) is 3.81. The Morgan fingerprint density at radius 3 is 2.87 bits per heavy atom. The molecule has 1 amide bonds. The maximum absolute atomic E-state index is 11.2. The number of carbonyl (C=O) groups is 1. The number of aliphatic hydroxyl groups excluding tert-OH is 3. The second kappa shape index (κ2) is 12.7. The van der Waals surface area contributed by atoms with Crippen LogP contribution in [0, 0.1) is 11.8 Å². The summed E-state index contributed by atoms with van der Waals surface area (Å²) in [6, 6.07) is 6.95. The molecule has 0 radical (unpaired) electrons. The standard InChI is InChI=1S/C23H32ClNO5/c1-25-23(29)10-5-3-2-4-9-19-20(22(28)14-21(19)27)12-11-17(26)15-30-18-8-6-7-16(24)13-18/h2,4,6-8,11-13,17,19-22,26-28H,3,5,9-10,14-15H2,1H3,(H,25,29)/b4-2-,12-11+/t17-,19-,20-,21+,22-/m1/s1. The lowest BCUT2D eigenvalue weighted by Crippen LogP contribution is -2.21. The lowest BCUT2D eigenvalue weighted by molar-refractivity contribution is -0.120. The molecule has 1 aromatic carbocycles. The third-order valence-electron chi connectivity index (χ3n) is 5.32. The van der Waals surface area contributed by atoms with Gasteiger partial charge in [0.25, 0.3) is 0 Å². The number of carbonyl (C=O) groups excluding carboxylic acids is 1. The Labute approximate surface area is 183 Å².